The Kier molecular flexibility index (Phi) is 2.53. The maximum Gasteiger partial charge on any atom is 0.309 e. The molecule has 2 atom stereocenters. The molecule has 0 heterocycles. The zero-order valence-electron chi connectivity index (χ0n) is 8.27. The standard InChI is InChI=1S/C12H14O2/c1-2-14-12(13)11-8-10(11)9-6-4-3-5-7-9/h3-7,10-11H,2,8H2,1H3/t10-,11+/m0/s1. The molecule has 0 bridgehead atoms. The van der Waals surface area contributed by atoms with E-state index in [-0.39, 0.29) is 11.9 Å². The van der Waals surface area contributed by atoms with E-state index in [0.717, 1.165) is 6.42 Å². The molecule has 1 aliphatic carbocycles. The van der Waals surface area contributed by atoms with Crippen LogP contribution in [0.15, 0.2) is 30.3 Å². The van der Waals surface area contributed by atoms with Gasteiger partial charge in [0.15, 0.2) is 0 Å². The highest BCUT2D eigenvalue weighted by atomic mass is 16.5. The van der Waals surface area contributed by atoms with Crippen molar-refractivity contribution in [2.24, 2.45) is 5.92 Å². The molecule has 0 aliphatic heterocycles. The van der Waals surface area contributed by atoms with Crippen molar-refractivity contribution in [1.82, 2.24) is 0 Å². The van der Waals surface area contributed by atoms with Crippen LogP contribution < -0.4 is 0 Å². The molecule has 0 aromatic heterocycles. The SMILES string of the molecule is CCOC(=O)[C@@H]1C[C@H]1c1ccccc1. The van der Waals surface area contributed by atoms with Crippen molar-refractivity contribution < 1.29 is 9.53 Å². The van der Waals surface area contributed by atoms with Crippen LogP contribution in [0.3, 0.4) is 0 Å². The Morgan fingerprint density at radius 3 is 2.79 bits per heavy atom. The van der Waals surface area contributed by atoms with Gasteiger partial charge in [-0.3, -0.25) is 4.79 Å². The lowest BCUT2D eigenvalue weighted by Gasteiger charge is -2.00. The fourth-order valence-electron chi connectivity index (χ4n) is 1.77. The molecule has 1 aromatic rings. The summed E-state index contributed by atoms with van der Waals surface area (Å²) in [5.41, 5.74) is 1.26. The topological polar surface area (TPSA) is 26.3 Å². The van der Waals surface area contributed by atoms with Crippen molar-refractivity contribution in [1.29, 1.82) is 0 Å². The highest BCUT2D eigenvalue weighted by molar-refractivity contribution is 5.77. The number of esters is 1. The Hall–Kier alpha value is -1.31. The summed E-state index contributed by atoms with van der Waals surface area (Å²) < 4.78 is 4.98. The van der Waals surface area contributed by atoms with Gasteiger partial charge in [-0.25, -0.2) is 0 Å². The molecule has 0 saturated heterocycles. The smallest absolute Gasteiger partial charge is 0.309 e. The van der Waals surface area contributed by atoms with Crippen molar-refractivity contribution in [3.63, 3.8) is 0 Å². The van der Waals surface area contributed by atoms with E-state index < -0.39 is 0 Å². The summed E-state index contributed by atoms with van der Waals surface area (Å²) in [6, 6.07) is 10.2. The third-order valence-electron chi connectivity index (χ3n) is 2.61. The number of carbonyl (C=O) groups excluding carboxylic acids is 1. The normalized spacial score (nSPS) is 24.4. The Labute approximate surface area is 83.9 Å². The van der Waals surface area contributed by atoms with Gasteiger partial charge < -0.3 is 4.74 Å². The average Bonchev–Trinajstić information content (AvgIpc) is 2.99. The second-order valence-corrected chi connectivity index (χ2v) is 3.61. The van der Waals surface area contributed by atoms with Crippen LogP contribution in [-0.2, 0) is 9.53 Å². The molecule has 1 fully saturated rings. The first-order chi connectivity index (χ1) is 6.83. The van der Waals surface area contributed by atoms with E-state index in [2.05, 4.69) is 12.1 Å². The van der Waals surface area contributed by atoms with Crippen LogP contribution in [0.25, 0.3) is 0 Å². The highest BCUT2D eigenvalue weighted by Crippen LogP contribution is 2.47. The lowest BCUT2D eigenvalue weighted by atomic mass is 10.1. The zero-order chi connectivity index (χ0) is 9.97. The van der Waals surface area contributed by atoms with E-state index in [1.165, 1.54) is 5.56 Å². The molecule has 2 rings (SSSR count). The molecule has 0 unspecified atom stereocenters. The van der Waals surface area contributed by atoms with Crippen molar-refractivity contribution in [3.05, 3.63) is 35.9 Å². The lowest BCUT2D eigenvalue weighted by Crippen LogP contribution is -2.07. The van der Waals surface area contributed by atoms with E-state index >= 15 is 0 Å². The van der Waals surface area contributed by atoms with Crippen molar-refractivity contribution in [2.75, 3.05) is 6.61 Å². The molecule has 0 radical (unpaired) electrons. The van der Waals surface area contributed by atoms with E-state index in [9.17, 15) is 4.79 Å². The molecule has 0 N–H and O–H groups in total. The molecule has 0 amide bonds. The minimum absolute atomic E-state index is 0.0404. The minimum Gasteiger partial charge on any atom is -0.466 e. The van der Waals surface area contributed by atoms with Crippen molar-refractivity contribution in [3.8, 4) is 0 Å². The van der Waals surface area contributed by atoms with Crippen LogP contribution in [0.4, 0.5) is 0 Å². The lowest BCUT2D eigenvalue weighted by molar-refractivity contribution is -0.144. The monoisotopic (exact) mass is 190 g/mol. The van der Waals surface area contributed by atoms with E-state index in [0.29, 0.717) is 12.5 Å². The molecule has 2 nitrogen and oxygen atoms in total. The van der Waals surface area contributed by atoms with Gasteiger partial charge in [-0.2, -0.15) is 0 Å². The number of hydrogen-bond donors (Lipinski definition) is 0. The molecule has 74 valence electrons. The summed E-state index contributed by atoms with van der Waals surface area (Å²) in [5.74, 6) is 0.467. The summed E-state index contributed by atoms with van der Waals surface area (Å²) in [7, 11) is 0. The Bertz CT molecular complexity index is 318. The van der Waals surface area contributed by atoms with Gasteiger partial charge in [0, 0.05) is 0 Å². The quantitative estimate of drug-likeness (QED) is 0.684. The van der Waals surface area contributed by atoms with Gasteiger partial charge in [0.2, 0.25) is 0 Å². The molecule has 0 spiro atoms. The summed E-state index contributed by atoms with van der Waals surface area (Å²) in [6.07, 6.45) is 0.947. The van der Waals surface area contributed by atoms with Crippen LogP contribution in [0, 0.1) is 5.92 Å². The van der Waals surface area contributed by atoms with Crippen molar-refractivity contribution in [2.45, 2.75) is 19.3 Å². The Morgan fingerprint density at radius 1 is 1.43 bits per heavy atom. The maximum absolute atomic E-state index is 11.4. The second kappa shape index (κ2) is 3.82. The van der Waals surface area contributed by atoms with Gasteiger partial charge in [-0.05, 0) is 24.8 Å². The number of carbonyl (C=O) groups is 1. The summed E-state index contributed by atoms with van der Waals surface area (Å²) in [6.45, 7) is 2.33. The Balaban J connectivity index is 1.96. The molecule has 1 aromatic carbocycles. The van der Waals surface area contributed by atoms with Gasteiger partial charge in [-0.1, -0.05) is 30.3 Å². The molecule has 1 saturated carbocycles. The van der Waals surface area contributed by atoms with E-state index in [1.54, 1.807) is 0 Å². The van der Waals surface area contributed by atoms with Crippen LogP contribution in [0.5, 0.6) is 0 Å². The Morgan fingerprint density at radius 2 is 2.14 bits per heavy atom. The average molecular weight is 190 g/mol. The predicted octanol–water partition coefficient (Wildman–Crippen LogP) is 2.35. The number of ether oxygens (including phenoxy) is 1. The number of benzene rings is 1. The first kappa shape index (κ1) is 9.25. The van der Waals surface area contributed by atoms with Gasteiger partial charge in [0.1, 0.15) is 0 Å². The van der Waals surface area contributed by atoms with Gasteiger partial charge >= 0.3 is 5.97 Å². The van der Waals surface area contributed by atoms with Crippen LogP contribution in [-0.4, -0.2) is 12.6 Å². The van der Waals surface area contributed by atoms with Crippen LogP contribution >= 0.6 is 0 Å². The van der Waals surface area contributed by atoms with Gasteiger partial charge in [-0.15, -0.1) is 0 Å². The minimum atomic E-state index is -0.0404. The summed E-state index contributed by atoms with van der Waals surface area (Å²) in [4.78, 5) is 11.4. The van der Waals surface area contributed by atoms with E-state index in [4.69, 9.17) is 4.74 Å². The first-order valence-electron chi connectivity index (χ1n) is 5.04. The molecule has 1 aliphatic rings. The van der Waals surface area contributed by atoms with Gasteiger partial charge in [0.25, 0.3) is 0 Å². The largest absolute Gasteiger partial charge is 0.466 e. The molecular formula is C12H14O2. The van der Waals surface area contributed by atoms with E-state index in [1.807, 2.05) is 25.1 Å². The second-order valence-electron chi connectivity index (χ2n) is 3.61. The molecule has 2 heteroatoms. The molecule has 14 heavy (non-hydrogen) atoms. The maximum atomic E-state index is 11.4. The van der Waals surface area contributed by atoms with Crippen molar-refractivity contribution >= 4 is 5.97 Å². The number of rotatable bonds is 3. The summed E-state index contributed by atoms with van der Waals surface area (Å²) >= 11 is 0. The molecular weight excluding hydrogens is 176 g/mol. The van der Waals surface area contributed by atoms with Gasteiger partial charge in [0.05, 0.1) is 12.5 Å². The van der Waals surface area contributed by atoms with Crippen LogP contribution in [0.1, 0.15) is 24.8 Å². The first-order valence-corrected chi connectivity index (χ1v) is 5.04. The van der Waals surface area contributed by atoms with Crippen LogP contribution in [0.2, 0.25) is 0 Å². The third kappa shape index (κ3) is 1.79. The zero-order valence-corrected chi connectivity index (χ0v) is 8.27. The number of hydrogen-bond acceptors (Lipinski definition) is 2. The predicted molar refractivity (Wildman–Crippen MR) is 53.9 cm³/mol. The summed E-state index contributed by atoms with van der Waals surface area (Å²) in [5, 5.41) is 0. The fourth-order valence-corrected chi connectivity index (χ4v) is 1.77. The highest BCUT2D eigenvalue weighted by Gasteiger charge is 2.44. The fraction of sp³-hybridized carbons (Fsp3) is 0.417. The third-order valence-corrected chi connectivity index (χ3v) is 2.61.